The Labute approximate surface area is 192 Å². The van der Waals surface area contributed by atoms with Gasteiger partial charge in [-0.05, 0) is 48.4 Å². The molecule has 3 heterocycles. The van der Waals surface area contributed by atoms with Crippen molar-refractivity contribution >= 4 is 10.9 Å². The summed E-state index contributed by atoms with van der Waals surface area (Å²) in [7, 11) is 0. The molecule has 0 amide bonds. The minimum absolute atomic E-state index is 0.180. The van der Waals surface area contributed by atoms with Crippen molar-refractivity contribution in [2.45, 2.75) is 13.0 Å². The van der Waals surface area contributed by atoms with Crippen molar-refractivity contribution in [1.82, 2.24) is 19.7 Å². The lowest BCUT2D eigenvalue weighted by Gasteiger charge is -2.07. The maximum atomic E-state index is 13.0. The number of rotatable bonds is 5. The third-order valence-electron chi connectivity index (χ3n) is 5.75. The normalized spacial score (nSPS) is 12.4. The van der Waals surface area contributed by atoms with Crippen LogP contribution < -0.4 is 20.7 Å². The minimum Gasteiger partial charge on any atom is -0.454 e. The molecule has 1 aliphatic heterocycles. The number of nitrogens with zero attached hydrogens (tertiary/aromatic N) is 3. The molecule has 0 fully saturated rings. The fourth-order valence-electron chi connectivity index (χ4n) is 3.97. The van der Waals surface area contributed by atoms with Crippen LogP contribution in [0.2, 0.25) is 0 Å². The molecule has 3 aromatic carbocycles. The van der Waals surface area contributed by atoms with E-state index in [0.29, 0.717) is 46.8 Å². The van der Waals surface area contributed by atoms with E-state index < -0.39 is 5.69 Å². The van der Waals surface area contributed by atoms with Crippen LogP contribution in [0.25, 0.3) is 33.7 Å². The molecule has 0 atom stereocenters. The third kappa shape index (κ3) is 3.53. The molecule has 0 spiro atoms. The Hall–Kier alpha value is -4.66. The van der Waals surface area contributed by atoms with Crippen molar-refractivity contribution in [1.29, 1.82) is 0 Å². The Morgan fingerprint density at radius 3 is 2.62 bits per heavy atom. The summed E-state index contributed by atoms with van der Waals surface area (Å²) in [5.41, 5.74) is 1.97. The van der Waals surface area contributed by atoms with E-state index in [1.807, 2.05) is 36.4 Å². The van der Waals surface area contributed by atoms with Gasteiger partial charge in [-0.1, -0.05) is 35.5 Å². The highest BCUT2D eigenvalue weighted by atomic mass is 16.7. The third-order valence-corrected chi connectivity index (χ3v) is 5.75. The van der Waals surface area contributed by atoms with Gasteiger partial charge in [-0.25, -0.2) is 4.79 Å². The molecule has 0 saturated heterocycles. The zero-order valence-electron chi connectivity index (χ0n) is 17.9. The molecule has 1 aliphatic rings. The Balaban J connectivity index is 1.31. The molecule has 168 valence electrons. The van der Waals surface area contributed by atoms with Crippen LogP contribution in [0.1, 0.15) is 5.56 Å². The summed E-state index contributed by atoms with van der Waals surface area (Å²) in [6.07, 6.45) is 0.581. The highest BCUT2D eigenvalue weighted by molar-refractivity contribution is 5.82. The standard InChI is InChI=1S/C25H18N4O5/c30-24-18-8-6-17(12-19(18)26-25(31)29(24)11-10-15-4-2-1-3-5-15)23-27-22(28-34-23)16-7-9-20-21(13-16)33-14-32-20/h1-9,12-13H,10-11,14H2,(H,26,31). The predicted molar refractivity (Wildman–Crippen MR) is 124 cm³/mol. The van der Waals surface area contributed by atoms with Gasteiger partial charge in [0.25, 0.3) is 11.4 Å². The number of aromatic amines is 1. The summed E-state index contributed by atoms with van der Waals surface area (Å²) in [6, 6.07) is 20.2. The van der Waals surface area contributed by atoms with E-state index in [2.05, 4.69) is 15.1 Å². The molecule has 5 aromatic rings. The molecule has 2 aromatic heterocycles. The van der Waals surface area contributed by atoms with Crippen molar-refractivity contribution in [2.75, 3.05) is 6.79 Å². The van der Waals surface area contributed by atoms with Gasteiger partial charge in [0.05, 0.1) is 10.9 Å². The van der Waals surface area contributed by atoms with Crippen LogP contribution >= 0.6 is 0 Å². The van der Waals surface area contributed by atoms with Gasteiger partial charge in [0.1, 0.15) is 0 Å². The summed E-state index contributed by atoms with van der Waals surface area (Å²) in [4.78, 5) is 32.9. The topological polar surface area (TPSA) is 112 Å². The Kier molecular flexibility index (Phi) is 4.72. The minimum atomic E-state index is -0.461. The lowest BCUT2D eigenvalue weighted by atomic mass is 10.1. The van der Waals surface area contributed by atoms with Gasteiger partial charge in [-0.2, -0.15) is 4.98 Å². The summed E-state index contributed by atoms with van der Waals surface area (Å²) >= 11 is 0. The van der Waals surface area contributed by atoms with Gasteiger partial charge >= 0.3 is 5.69 Å². The van der Waals surface area contributed by atoms with Gasteiger partial charge < -0.3 is 19.0 Å². The molecule has 6 rings (SSSR count). The first kappa shape index (κ1) is 20.0. The van der Waals surface area contributed by atoms with Crippen molar-refractivity contribution in [2.24, 2.45) is 0 Å². The first-order chi connectivity index (χ1) is 16.7. The monoisotopic (exact) mass is 454 g/mol. The molecule has 0 aliphatic carbocycles. The largest absolute Gasteiger partial charge is 0.454 e. The van der Waals surface area contributed by atoms with Crippen LogP contribution in [-0.2, 0) is 13.0 Å². The maximum absolute atomic E-state index is 13.0. The van der Waals surface area contributed by atoms with Crippen molar-refractivity contribution in [3.05, 3.63) is 93.1 Å². The fraction of sp³-hybridized carbons (Fsp3) is 0.120. The van der Waals surface area contributed by atoms with Crippen LogP contribution in [0.15, 0.2) is 80.8 Å². The van der Waals surface area contributed by atoms with Crippen LogP contribution in [0.5, 0.6) is 11.5 Å². The summed E-state index contributed by atoms with van der Waals surface area (Å²) in [6.45, 7) is 0.470. The number of aromatic nitrogens is 4. The van der Waals surface area contributed by atoms with Crippen LogP contribution in [0.3, 0.4) is 0 Å². The Morgan fingerprint density at radius 1 is 0.912 bits per heavy atom. The van der Waals surface area contributed by atoms with E-state index in [9.17, 15) is 9.59 Å². The van der Waals surface area contributed by atoms with E-state index in [4.69, 9.17) is 14.0 Å². The molecule has 0 bridgehead atoms. The van der Waals surface area contributed by atoms with Gasteiger partial charge in [0.2, 0.25) is 12.6 Å². The highest BCUT2D eigenvalue weighted by Crippen LogP contribution is 2.35. The molecule has 1 N–H and O–H groups in total. The second-order valence-electron chi connectivity index (χ2n) is 7.87. The maximum Gasteiger partial charge on any atom is 0.328 e. The van der Waals surface area contributed by atoms with Gasteiger partial charge in [0.15, 0.2) is 11.5 Å². The smallest absolute Gasteiger partial charge is 0.328 e. The lowest BCUT2D eigenvalue weighted by molar-refractivity contribution is 0.174. The predicted octanol–water partition coefficient (Wildman–Crippen LogP) is 3.38. The van der Waals surface area contributed by atoms with E-state index in [1.54, 1.807) is 30.3 Å². The fourth-order valence-corrected chi connectivity index (χ4v) is 3.97. The van der Waals surface area contributed by atoms with Crippen LogP contribution in [0.4, 0.5) is 0 Å². The van der Waals surface area contributed by atoms with Crippen LogP contribution in [0, 0.1) is 0 Å². The molecule has 34 heavy (non-hydrogen) atoms. The number of benzene rings is 3. The molecular formula is C25H18N4O5. The zero-order valence-corrected chi connectivity index (χ0v) is 17.9. The molecular weight excluding hydrogens is 436 g/mol. The SMILES string of the molecule is O=c1[nH]c2cc(-c3nc(-c4ccc5c(c4)OCO5)no3)ccc2c(=O)n1CCc1ccccc1. The number of hydrogen-bond donors (Lipinski definition) is 1. The first-order valence-electron chi connectivity index (χ1n) is 10.7. The molecule has 0 saturated carbocycles. The van der Waals surface area contributed by atoms with Crippen molar-refractivity contribution < 1.29 is 14.0 Å². The number of aryl methyl sites for hydroxylation is 1. The Bertz CT molecular complexity index is 1640. The quantitative estimate of drug-likeness (QED) is 0.433. The van der Waals surface area contributed by atoms with Crippen molar-refractivity contribution in [3.63, 3.8) is 0 Å². The lowest BCUT2D eigenvalue weighted by Crippen LogP contribution is -2.35. The van der Waals surface area contributed by atoms with Crippen LogP contribution in [-0.4, -0.2) is 26.5 Å². The van der Waals surface area contributed by atoms with E-state index in [-0.39, 0.29) is 18.2 Å². The highest BCUT2D eigenvalue weighted by Gasteiger charge is 2.18. The zero-order chi connectivity index (χ0) is 23.1. The van der Waals surface area contributed by atoms with E-state index in [1.165, 1.54) is 4.57 Å². The van der Waals surface area contributed by atoms with Crippen molar-refractivity contribution in [3.8, 4) is 34.3 Å². The number of nitrogens with one attached hydrogen (secondary N) is 1. The number of ether oxygens (including phenoxy) is 2. The number of fused-ring (bicyclic) bond motifs is 2. The van der Waals surface area contributed by atoms with E-state index >= 15 is 0 Å². The average Bonchev–Trinajstić information content (AvgIpc) is 3.54. The van der Waals surface area contributed by atoms with Gasteiger partial charge in [0, 0.05) is 17.7 Å². The van der Waals surface area contributed by atoms with Gasteiger partial charge in [-0.15, -0.1) is 0 Å². The Morgan fingerprint density at radius 2 is 1.74 bits per heavy atom. The summed E-state index contributed by atoms with van der Waals surface area (Å²) < 4.78 is 17.4. The number of H-pyrrole nitrogens is 1. The summed E-state index contributed by atoms with van der Waals surface area (Å²) in [5.74, 6) is 1.94. The summed E-state index contributed by atoms with van der Waals surface area (Å²) in [5, 5.41) is 4.46. The second kappa shape index (κ2) is 8.04. The molecule has 0 unspecified atom stereocenters. The molecule has 0 radical (unpaired) electrons. The van der Waals surface area contributed by atoms with E-state index in [0.717, 1.165) is 11.1 Å². The average molecular weight is 454 g/mol. The number of hydrogen-bond acceptors (Lipinski definition) is 7. The second-order valence-corrected chi connectivity index (χ2v) is 7.87. The first-order valence-corrected chi connectivity index (χ1v) is 10.7. The molecule has 9 nitrogen and oxygen atoms in total. The molecule has 9 heteroatoms. The van der Waals surface area contributed by atoms with Gasteiger partial charge in [-0.3, -0.25) is 9.36 Å².